The summed E-state index contributed by atoms with van der Waals surface area (Å²) in [6.07, 6.45) is 7.81. The molecule has 0 atom stereocenters. The number of rotatable bonds is 6. The van der Waals surface area contributed by atoms with E-state index in [1.807, 2.05) is 10.8 Å². The molecule has 0 aliphatic heterocycles. The number of carbonyl (C=O) groups excluding carboxylic acids is 1. The third-order valence-corrected chi connectivity index (χ3v) is 4.02. The maximum atomic E-state index is 12.5. The van der Waals surface area contributed by atoms with E-state index in [4.69, 9.17) is 16.3 Å². The van der Waals surface area contributed by atoms with Crippen LogP contribution in [0.15, 0.2) is 43.1 Å². The number of nitrogens with one attached hydrogen (secondary N) is 1. The van der Waals surface area contributed by atoms with Gasteiger partial charge in [-0.05, 0) is 18.6 Å². The summed E-state index contributed by atoms with van der Waals surface area (Å²) in [5.74, 6) is 0.281. The van der Waals surface area contributed by atoms with Crippen molar-refractivity contribution in [1.29, 1.82) is 0 Å². The third kappa shape index (κ3) is 3.49. The van der Waals surface area contributed by atoms with E-state index in [0.717, 1.165) is 18.4 Å². The van der Waals surface area contributed by atoms with Gasteiger partial charge < -0.3 is 14.6 Å². The quantitative estimate of drug-likeness (QED) is 0.698. The molecule has 124 valence electrons. The Morgan fingerprint density at radius 2 is 2.25 bits per heavy atom. The van der Waals surface area contributed by atoms with Crippen LogP contribution in [0.5, 0.6) is 5.75 Å². The Bertz CT molecular complexity index is 849. The summed E-state index contributed by atoms with van der Waals surface area (Å²) >= 11 is 6.19. The molecule has 0 bridgehead atoms. The molecule has 0 aliphatic carbocycles. The Morgan fingerprint density at radius 1 is 1.38 bits per heavy atom. The molecule has 0 aliphatic rings. The van der Waals surface area contributed by atoms with E-state index >= 15 is 0 Å². The summed E-state index contributed by atoms with van der Waals surface area (Å²) in [4.78, 5) is 20.7. The molecular weight excluding hydrogens is 328 g/mol. The lowest BCUT2D eigenvalue weighted by Gasteiger charge is -2.11. The van der Waals surface area contributed by atoms with Crippen LogP contribution in [0.3, 0.4) is 0 Å². The highest BCUT2D eigenvalue weighted by atomic mass is 35.5. The monoisotopic (exact) mass is 344 g/mol. The van der Waals surface area contributed by atoms with Crippen LogP contribution in [0, 0.1) is 0 Å². The van der Waals surface area contributed by atoms with Gasteiger partial charge in [-0.15, -0.1) is 0 Å². The van der Waals surface area contributed by atoms with Gasteiger partial charge in [0.05, 0.1) is 29.5 Å². The maximum absolute atomic E-state index is 12.5. The van der Waals surface area contributed by atoms with E-state index in [0.29, 0.717) is 28.4 Å². The van der Waals surface area contributed by atoms with Crippen molar-refractivity contribution >= 4 is 28.4 Å². The molecule has 1 aromatic carbocycles. The SMILES string of the molecule is COc1cc2nccc(Cl)c2cc1C(=O)NCCCn1ccnc1. The van der Waals surface area contributed by atoms with Crippen molar-refractivity contribution in [3.8, 4) is 5.75 Å². The van der Waals surface area contributed by atoms with Crippen molar-refractivity contribution in [3.63, 3.8) is 0 Å². The van der Waals surface area contributed by atoms with Crippen molar-refractivity contribution in [2.45, 2.75) is 13.0 Å². The zero-order valence-electron chi connectivity index (χ0n) is 13.2. The lowest BCUT2D eigenvalue weighted by Crippen LogP contribution is -2.25. The maximum Gasteiger partial charge on any atom is 0.255 e. The van der Waals surface area contributed by atoms with E-state index in [1.165, 1.54) is 7.11 Å². The van der Waals surface area contributed by atoms with Crippen molar-refractivity contribution in [1.82, 2.24) is 19.9 Å². The third-order valence-electron chi connectivity index (χ3n) is 3.69. The molecule has 0 unspecified atom stereocenters. The summed E-state index contributed by atoms with van der Waals surface area (Å²) in [6, 6.07) is 5.14. The first-order valence-electron chi connectivity index (χ1n) is 7.55. The minimum Gasteiger partial charge on any atom is -0.496 e. The summed E-state index contributed by atoms with van der Waals surface area (Å²) in [5, 5.41) is 4.18. The lowest BCUT2D eigenvalue weighted by molar-refractivity contribution is 0.0950. The molecule has 2 aromatic heterocycles. The number of hydrogen-bond donors (Lipinski definition) is 1. The Labute approximate surface area is 144 Å². The molecule has 1 N–H and O–H groups in total. The van der Waals surface area contributed by atoms with E-state index in [2.05, 4.69) is 15.3 Å². The Kier molecular flexibility index (Phi) is 4.96. The van der Waals surface area contributed by atoms with Crippen LogP contribution >= 0.6 is 11.6 Å². The number of carbonyl (C=O) groups is 1. The minimum atomic E-state index is -0.195. The number of aryl methyl sites for hydroxylation is 1. The van der Waals surface area contributed by atoms with Crippen LogP contribution in [-0.4, -0.2) is 34.1 Å². The van der Waals surface area contributed by atoms with E-state index in [9.17, 15) is 4.79 Å². The average molecular weight is 345 g/mol. The predicted octanol–water partition coefficient (Wildman–Crippen LogP) is 2.91. The standard InChI is InChI=1S/C17H17ClN4O2/c1-24-16-10-15-12(14(18)3-5-20-15)9-13(16)17(23)21-4-2-7-22-8-6-19-11-22/h3,5-6,8-11H,2,4,7H2,1H3,(H,21,23). The first-order valence-corrected chi connectivity index (χ1v) is 7.93. The van der Waals surface area contributed by atoms with Crippen molar-refractivity contribution in [3.05, 3.63) is 53.7 Å². The van der Waals surface area contributed by atoms with E-state index in [1.54, 1.807) is 36.9 Å². The lowest BCUT2D eigenvalue weighted by atomic mass is 10.1. The van der Waals surface area contributed by atoms with Crippen LogP contribution < -0.4 is 10.1 Å². The topological polar surface area (TPSA) is 69.0 Å². The normalized spacial score (nSPS) is 10.8. The van der Waals surface area contributed by atoms with Crippen LogP contribution in [0.4, 0.5) is 0 Å². The summed E-state index contributed by atoms with van der Waals surface area (Å²) in [5.41, 5.74) is 1.14. The van der Waals surface area contributed by atoms with Gasteiger partial charge in [0.2, 0.25) is 0 Å². The fourth-order valence-electron chi connectivity index (χ4n) is 2.46. The number of ether oxygens (including phenoxy) is 1. The van der Waals surface area contributed by atoms with Crippen molar-refractivity contribution in [2.24, 2.45) is 0 Å². The zero-order valence-corrected chi connectivity index (χ0v) is 14.0. The zero-order chi connectivity index (χ0) is 16.9. The number of halogens is 1. The molecule has 0 saturated heterocycles. The molecule has 0 saturated carbocycles. The number of benzene rings is 1. The number of fused-ring (bicyclic) bond motifs is 1. The second kappa shape index (κ2) is 7.31. The molecule has 0 spiro atoms. The van der Waals surface area contributed by atoms with E-state index < -0.39 is 0 Å². The predicted molar refractivity (Wildman–Crippen MR) is 92.5 cm³/mol. The van der Waals surface area contributed by atoms with Gasteiger partial charge in [-0.2, -0.15) is 0 Å². The first-order chi connectivity index (χ1) is 11.7. The molecule has 0 radical (unpaired) electrons. The van der Waals surface area contributed by atoms with Gasteiger partial charge in [-0.1, -0.05) is 11.6 Å². The molecule has 2 heterocycles. The molecule has 1 amide bonds. The molecular formula is C17H17ClN4O2. The highest BCUT2D eigenvalue weighted by Crippen LogP contribution is 2.29. The van der Waals surface area contributed by atoms with Crippen LogP contribution in [0.25, 0.3) is 10.9 Å². The van der Waals surface area contributed by atoms with Crippen molar-refractivity contribution in [2.75, 3.05) is 13.7 Å². The van der Waals surface area contributed by atoms with Gasteiger partial charge in [-0.25, -0.2) is 4.98 Å². The van der Waals surface area contributed by atoms with Crippen LogP contribution in [0.1, 0.15) is 16.8 Å². The Morgan fingerprint density at radius 3 is 3.00 bits per heavy atom. The molecule has 0 fully saturated rings. The fraction of sp³-hybridized carbons (Fsp3) is 0.235. The Balaban J connectivity index is 1.72. The highest BCUT2D eigenvalue weighted by Gasteiger charge is 2.15. The van der Waals surface area contributed by atoms with Gasteiger partial charge >= 0.3 is 0 Å². The number of hydrogen-bond acceptors (Lipinski definition) is 4. The summed E-state index contributed by atoms with van der Waals surface area (Å²) < 4.78 is 7.29. The Hall–Kier alpha value is -2.60. The number of aromatic nitrogens is 3. The van der Waals surface area contributed by atoms with Gasteiger partial charge in [0, 0.05) is 43.1 Å². The summed E-state index contributed by atoms with van der Waals surface area (Å²) in [7, 11) is 1.53. The number of pyridine rings is 1. The first kappa shape index (κ1) is 16.3. The minimum absolute atomic E-state index is 0.195. The van der Waals surface area contributed by atoms with Gasteiger partial charge in [0.1, 0.15) is 5.75 Å². The number of imidazole rings is 1. The fourth-order valence-corrected chi connectivity index (χ4v) is 2.67. The number of methoxy groups -OCH3 is 1. The number of nitrogens with zero attached hydrogens (tertiary/aromatic N) is 3. The van der Waals surface area contributed by atoms with Gasteiger partial charge in [-0.3, -0.25) is 9.78 Å². The second-order valence-corrected chi connectivity index (χ2v) is 5.68. The molecule has 3 aromatic rings. The van der Waals surface area contributed by atoms with Crippen molar-refractivity contribution < 1.29 is 9.53 Å². The summed E-state index contributed by atoms with van der Waals surface area (Å²) in [6.45, 7) is 1.35. The molecule has 24 heavy (non-hydrogen) atoms. The smallest absolute Gasteiger partial charge is 0.255 e. The molecule has 3 rings (SSSR count). The second-order valence-electron chi connectivity index (χ2n) is 5.27. The van der Waals surface area contributed by atoms with Gasteiger partial charge in [0.15, 0.2) is 0 Å². The van der Waals surface area contributed by atoms with Crippen LogP contribution in [0.2, 0.25) is 5.02 Å². The van der Waals surface area contributed by atoms with Gasteiger partial charge in [0.25, 0.3) is 5.91 Å². The molecule has 6 nitrogen and oxygen atoms in total. The average Bonchev–Trinajstić information content (AvgIpc) is 3.11. The largest absolute Gasteiger partial charge is 0.496 e. The van der Waals surface area contributed by atoms with Crippen LogP contribution in [-0.2, 0) is 6.54 Å². The highest BCUT2D eigenvalue weighted by molar-refractivity contribution is 6.35. The number of amides is 1. The molecule has 7 heteroatoms. The van der Waals surface area contributed by atoms with E-state index in [-0.39, 0.29) is 5.91 Å².